The standard InChI is InChI=1S/C21H27FO2/c1-14-12-16(3)20-18(13-14)9-7-5-6-8-15(2)19(22)11-10-17(4)24-21(20)23/h7,9,11-13,15,17H,5-6,8,10H2,1-4H3/b9-7+,19-11+/t15?,17-/m0/s1. The van der Waals surface area contributed by atoms with Gasteiger partial charge in [0.25, 0.3) is 0 Å². The molecule has 0 aliphatic carbocycles. The van der Waals surface area contributed by atoms with E-state index in [0.717, 1.165) is 36.0 Å². The van der Waals surface area contributed by atoms with Gasteiger partial charge >= 0.3 is 5.97 Å². The summed E-state index contributed by atoms with van der Waals surface area (Å²) in [5.41, 5.74) is 3.54. The molecule has 1 aromatic carbocycles. The van der Waals surface area contributed by atoms with Crippen molar-refractivity contribution in [3.05, 3.63) is 52.4 Å². The molecule has 1 heterocycles. The van der Waals surface area contributed by atoms with Gasteiger partial charge < -0.3 is 4.74 Å². The molecule has 1 aliphatic heterocycles. The topological polar surface area (TPSA) is 26.3 Å². The smallest absolute Gasteiger partial charge is 0.339 e. The molecule has 3 heteroatoms. The molecule has 2 nitrogen and oxygen atoms in total. The lowest BCUT2D eigenvalue weighted by Gasteiger charge is -2.16. The second kappa shape index (κ2) is 8.27. The Labute approximate surface area is 144 Å². The van der Waals surface area contributed by atoms with E-state index < -0.39 is 0 Å². The Balaban J connectivity index is 2.36. The van der Waals surface area contributed by atoms with Crippen molar-refractivity contribution in [1.29, 1.82) is 0 Å². The highest BCUT2D eigenvalue weighted by Crippen LogP contribution is 2.24. The quantitative estimate of drug-likeness (QED) is 0.551. The van der Waals surface area contributed by atoms with E-state index in [-0.39, 0.29) is 23.8 Å². The number of carbonyl (C=O) groups is 1. The lowest BCUT2D eigenvalue weighted by molar-refractivity contribution is 0.0345. The highest BCUT2D eigenvalue weighted by Gasteiger charge is 2.18. The van der Waals surface area contributed by atoms with Crippen molar-refractivity contribution in [3.8, 4) is 0 Å². The lowest BCUT2D eigenvalue weighted by Crippen LogP contribution is -2.17. The molecule has 0 amide bonds. The average molecular weight is 330 g/mol. The highest BCUT2D eigenvalue weighted by atomic mass is 19.1. The lowest BCUT2D eigenvalue weighted by atomic mass is 9.97. The van der Waals surface area contributed by atoms with Gasteiger partial charge in [-0.15, -0.1) is 0 Å². The van der Waals surface area contributed by atoms with E-state index in [1.165, 1.54) is 0 Å². The van der Waals surface area contributed by atoms with Crippen molar-refractivity contribution in [2.75, 3.05) is 0 Å². The van der Waals surface area contributed by atoms with Crippen LogP contribution in [0.4, 0.5) is 4.39 Å². The summed E-state index contributed by atoms with van der Waals surface area (Å²) in [7, 11) is 0. The molecule has 130 valence electrons. The molecule has 1 unspecified atom stereocenters. The van der Waals surface area contributed by atoms with E-state index >= 15 is 0 Å². The van der Waals surface area contributed by atoms with Crippen LogP contribution in [0.1, 0.15) is 66.6 Å². The van der Waals surface area contributed by atoms with E-state index in [9.17, 15) is 9.18 Å². The molecule has 0 fully saturated rings. The Morgan fingerprint density at radius 1 is 1.21 bits per heavy atom. The number of cyclic esters (lactones) is 1. The van der Waals surface area contributed by atoms with Gasteiger partial charge in [0.15, 0.2) is 0 Å². The van der Waals surface area contributed by atoms with Crippen LogP contribution in [0.5, 0.6) is 0 Å². The Bertz CT molecular complexity index is 658. The van der Waals surface area contributed by atoms with Gasteiger partial charge in [0, 0.05) is 12.3 Å². The van der Waals surface area contributed by atoms with Crippen molar-refractivity contribution in [2.45, 2.75) is 59.5 Å². The summed E-state index contributed by atoms with van der Waals surface area (Å²) in [6, 6.07) is 4.00. The predicted octanol–water partition coefficient (Wildman–Crippen LogP) is 5.93. The van der Waals surface area contributed by atoms with Crippen LogP contribution in [-0.2, 0) is 4.74 Å². The molecule has 0 spiro atoms. The minimum absolute atomic E-state index is 0.0824. The number of hydrogen-bond acceptors (Lipinski definition) is 2. The summed E-state index contributed by atoms with van der Waals surface area (Å²) in [4.78, 5) is 12.6. The third-order valence-electron chi connectivity index (χ3n) is 4.44. The molecule has 1 aromatic rings. The van der Waals surface area contributed by atoms with Crippen LogP contribution in [-0.4, -0.2) is 12.1 Å². The van der Waals surface area contributed by atoms with Crippen molar-refractivity contribution in [1.82, 2.24) is 0 Å². The van der Waals surface area contributed by atoms with Crippen LogP contribution >= 0.6 is 0 Å². The number of halogens is 1. The van der Waals surface area contributed by atoms with Gasteiger partial charge in [-0.1, -0.05) is 36.8 Å². The van der Waals surface area contributed by atoms with Gasteiger partial charge in [-0.05, 0) is 57.2 Å². The number of hydrogen-bond donors (Lipinski definition) is 0. The number of esters is 1. The van der Waals surface area contributed by atoms with Crippen LogP contribution in [0, 0.1) is 19.8 Å². The largest absolute Gasteiger partial charge is 0.459 e. The van der Waals surface area contributed by atoms with Crippen LogP contribution in [0.2, 0.25) is 0 Å². The Morgan fingerprint density at radius 2 is 1.96 bits per heavy atom. The maximum Gasteiger partial charge on any atom is 0.339 e. The first-order chi connectivity index (χ1) is 11.4. The summed E-state index contributed by atoms with van der Waals surface area (Å²) in [5, 5.41) is 0. The second-order valence-electron chi connectivity index (χ2n) is 6.82. The number of fused-ring (bicyclic) bond motifs is 1. The van der Waals surface area contributed by atoms with E-state index in [2.05, 4.69) is 6.08 Å². The zero-order chi connectivity index (χ0) is 17.7. The number of benzene rings is 1. The number of aryl methyl sites for hydroxylation is 2. The summed E-state index contributed by atoms with van der Waals surface area (Å²) in [6.45, 7) is 7.66. The van der Waals surface area contributed by atoms with Crippen molar-refractivity contribution < 1.29 is 13.9 Å². The molecule has 2 rings (SSSR count). The molecule has 0 radical (unpaired) electrons. The van der Waals surface area contributed by atoms with Gasteiger partial charge in [-0.25, -0.2) is 9.18 Å². The number of rotatable bonds is 0. The first-order valence-electron chi connectivity index (χ1n) is 8.72. The third-order valence-corrected chi connectivity index (χ3v) is 4.44. The van der Waals surface area contributed by atoms with Crippen LogP contribution in [0.3, 0.4) is 0 Å². The van der Waals surface area contributed by atoms with Crippen LogP contribution < -0.4 is 0 Å². The van der Waals surface area contributed by atoms with Gasteiger partial charge in [-0.2, -0.15) is 0 Å². The zero-order valence-electron chi connectivity index (χ0n) is 15.1. The van der Waals surface area contributed by atoms with Crippen molar-refractivity contribution >= 4 is 12.0 Å². The summed E-state index contributed by atoms with van der Waals surface area (Å²) >= 11 is 0. The molecule has 0 saturated carbocycles. The highest BCUT2D eigenvalue weighted by molar-refractivity contribution is 5.95. The summed E-state index contributed by atoms with van der Waals surface area (Å²) in [6.07, 6.45) is 8.29. The van der Waals surface area contributed by atoms with Crippen LogP contribution in [0.25, 0.3) is 6.08 Å². The fourth-order valence-electron chi connectivity index (χ4n) is 3.07. The third kappa shape index (κ3) is 4.80. The molecule has 2 atom stereocenters. The SMILES string of the molecule is Cc1cc(C)c2c(c1)/C=C/CCCC(C)/C(F)=C\C[C@H](C)OC2=O. The van der Waals surface area contributed by atoms with Crippen molar-refractivity contribution in [2.24, 2.45) is 5.92 Å². The van der Waals surface area contributed by atoms with Crippen LogP contribution in [0.15, 0.2) is 30.1 Å². The van der Waals surface area contributed by atoms with Gasteiger partial charge in [0.05, 0.1) is 11.4 Å². The van der Waals surface area contributed by atoms with E-state index in [4.69, 9.17) is 4.74 Å². The normalized spacial score (nSPS) is 26.5. The van der Waals surface area contributed by atoms with Gasteiger partial charge in [0.2, 0.25) is 0 Å². The van der Waals surface area contributed by atoms with Gasteiger partial charge in [-0.3, -0.25) is 0 Å². The first kappa shape index (κ1) is 18.4. The van der Waals surface area contributed by atoms with E-state index in [1.807, 2.05) is 39.0 Å². The second-order valence-corrected chi connectivity index (χ2v) is 6.82. The molecule has 1 aliphatic rings. The molecular weight excluding hydrogens is 303 g/mol. The first-order valence-corrected chi connectivity index (χ1v) is 8.72. The molecule has 0 saturated heterocycles. The number of allylic oxidation sites excluding steroid dienone is 2. The summed E-state index contributed by atoms with van der Waals surface area (Å²) in [5.74, 6) is -0.522. The molecular formula is C21H27FO2. The van der Waals surface area contributed by atoms with Gasteiger partial charge in [0.1, 0.15) is 6.10 Å². The maximum atomic E-state index is 14.1. The molecule has 0 bridgehead atoms. The van der Waals surface area contributed by atoms with E-state index in [1.54, 1.807) is 13.0 Å². The molecule has 0 N–H and O–H groups in total. The zero-order valence-corrected chi connectivity index (χ0v) is 15.1. The average Bonchev–Trinajstić information content (AvgIpc) is 2.50. The fraction of sp³-hybridized carbons (Fsp3) is 0.476. The minimum atomic E-state index is -0.351. The summed E-state index contributed by atoms with van der Waals surface area (Å²) < 4.78 is 19.6. The molecule has 24 heavy (non-hydrogen) atoms. The predicted molar refractivity (Wildman–Crippen MR) is 96.7 cm³/mol. The van der Waals surface area contributed by atoms with E-state index in [0.29, 0.717) is 12.0 Å². The fourth-order valence-corrected chi connectivity index (χ4v) is 3.07. The number of ether oxygens (including phenoxy) is 1. The Hall–Kier alpha value is -1.90. The molecule has 0 aromatic heterocycles. The van der Waals surface area contributed by atoms with Crippen molar-refractivity contribution in [3.63, 3.8) is 0 Å². The monoisotopic (exact) mass is 330 g/mol. The number of carbonyl (C=O) groups excluding carboxylic acids is 1. The Morgan fingerprint density at radius 3 is 2.71 bits per heavy atom. The minimum Gasteiger partial charge on any atom is -0.459 e. The Kier molecular flexibility index (Phi) is 6.36. The maximum absolute atomic E-state index is 14.1.